The first-order valence-corrected chi connectivity index (χ1v) is 10.9. The van der Waals surface area contributed by atoms with Gasteiger partial charge in [0.25, 0.3) is 0 Å². The van der Waals surface area contributed by atoms with E-state index in [1.165, 1.54) is 10.4 Å². The van der Waals surface area contributed by atoms with E-state index >= 15 is 0 Å². The van der Waals surface area contributed by atoms with Crippen LogP contribution in [0.15, 0.2) is 46.8 Å². The minimum Gasteiger partial charge on any atom is -0.357 e. The number of thiophene rings is 1. The number of likely N-dealkylation sites (tertiary alicyclic amines) is 1. The van der Waals surface area contributed by atoms with E-state index in [9.17, 15) is 4.79 Å². The van der Waals surface area contributed by atoms with Gasteiger partial charge in [-0.3, -0.25) is 4.79 Å². The summed E-state index contributed by atoms with van der Waals surface area (Å²) in [4.78, 5) is 19.9. The van der Waals surface area contributed by atoms with Crippen LogP contribution in [-0.2, 0) is 17.9 Å². The average Bonchev–Trinajstić information content (AvgIpc) is 3.37. The van der Waals surface area contributed by atoms with E-state index in [0.29, 0.717) is 25.4 Å². The molecule has 1 atom stereocenters. The predicted molar refractivity (Wildman–Crippen MR) is 132 cm³/mol. The van der Waals surface area contributed by atoms with Gasteiger partial charge in [0.05, 0.1) is 6.54 Å². The molecule has 1 saturated heterocycles. The van der Waals surface area contributed by atoms with Gasteiger partial charge < -0.3 is 15.5 Å². The van der Waals surface area contributed by atoms with Gasteiger partial charge in [-0.25, -0.2) is 4.99 Å². The molecule has 0 saturated carbocycles. The highest BCUT2D eigenvalue weighted by Crippen LogP contribution is 2.19. The molecule has 0 aliphatic carbocycles. The summed E-state index contributed by atoms with van der Waals surface area (Å²) in [6, 6.07) is 12.7. The van der Waals surface area contributed by atoms with Gasteiger partial charge in [-0.1, -0.05) is 37.3 Å². The van der Waals surface area contributed by atoms with Gasteiger partial charge in [0, 0.05) is 43.4 Å². The molecule has 29 heavy (non-hydrogen) atoms. The van der Waals surface area contributed by atoms with Gasteiger partial charge in [-0.2, -0.15) is 0 Å². The van der Waals surface area contributed by atoms with E-state index in [4.69, 9.17) is 4.99 Å². The lowest BCUT2D eigenvalue weighted by Gasteiger charge is -2.16. The molecule has 0 spiro atoms. The fraction of sp³-hybridized carbons (Fsp3) is 0.455. The molecule has 1 amide bonds. The first kappa shape index (κ1) is 23.7. The van der Waals surface area contributed by atoms with Crippen LogP contribution in [0.4, 0.5) is 0 Å². The monoisotopic (exact) mass is 526 g/mol. The molecule has 3 rings (SSSR count). The molecule has 0 bridgehead atoms. The van der Waals surface area contributed by atoms with E-state index in [1.54, 1.807) is 11.3 Å². The van der Waals surface area contributed by atoms with Crippen LogP contribution in [-0.4, -0.2) is 36.4 Å². The first-order valence-electron chi connectivity index (χ1n) is 10.1. The van der Waals surface area contributed by atoms with Gasteiger partial charge in [-0.05, 0) is 35.9 Å². The van der Waals surface area contributed by atoms with Crippen LogP contribution in [0.5, 0.6) is 0 Å². The van der Waals surface area contributed by atoms with Crippen molar-refractivity contribution in [2.75, 3.05) is 19.6 Å². The summed E-state index contributed by atoms with van der Waals surface area (Å²) in [6.45, 7) is 8.18. The molecular formula is C22H31IN4OS. The van der Waals surface area contributed by atoms with E-state index in [2.05, 4.69) is 66.3 Å². The Balaban J connectivity index is 0.00000300. The maximum Gasteiger partial charge on any atom is 0.222 e. The number of benzene rings is 1. The van der Waals surface area contributed by atoms with Gasteiger partial charge >= 0.3 is 0 Å². The lowest BCUT2D eigenvalue weighted by Crippen LogP contribution is -2.39. The van der Waals surface area contributed by atoms with Crippen molar-refractivity contribution >= 4 is 47.2 Å². The maximum absolute atomic E-state index is 11.9. The molecule has 1 fully saturated rings. The molecule has 1 unspecified atom stereocenters. The third-order valence-electron chi connectivity index (χ3n) is 4.90. The SMILES string of the molecule is CCNC(=NCc1cccc(CN2CCCC2=O)c1)NCC(C)c1cccs1.I. The molecule has 1 aliphatic rings. The quantitative estimate of drug-likeness (QED) is 0.306. The van der Waals surface area contributed by atoms with E-state index in [0.717, 1.165) is 37.6 Å². The summed E-state index contributed by atoms with van der Waals surface area (Å²) in [6.07, 6.45) is 1.66. The van der Waals surface area contributed by atoms with Crippen LogP contribution >= 0.6 is 35.3 Å². The number of nitrogens with zero attached hydrogens (tertiary/aromatic N) is 2. The normalized spacial score (nSPS) is 15.2. The first-order chi connectivity index (χ1) is 13.7. The van der Waals surface area contributed by atoms with Crippen molar-refractivity contribution in [3.8, 4) is 0 Å². The Hall–Kier alpha value is -1.61. The van der Waals surface area contributed by atoms with Crippen molar-refractivity contribution in [3.05, 3.63) is 57.8 Å². The largest absolute Gasteiger partial charge is 0.357 e. The number of guanidine groups is 1. The van der Waals surface area contributed by atoms with Crippen LogP contribution in [0.2, 0.25) is 0 Å². The van der Waals surface area contributed by atoms with Crippen LogP contribution < -0.4 is 10.6 Å². The molecule has 2 heterocycles. The second kappa shape index (κ2) is 12.2. The zero-order chi connectivity index (χ0) is 19.8. The van der Waals surface area contributed by atoms with E-state index in [1.807, 2.05) is 4.90 Å². The highest BCUT2D eigenvalue weighted by atomic mass is 127. The molecular weight excluding hydrogens is 495 g/mol. The number of nitrogens with one attached hydrogen (secondary N) is 2. The second-order valence-electron chi connectivity index (χ2n) is 7.23. The molecule has 2 aromatic rings. The van der Waals surface area contributed by atoms with Crippen molar-refractivity contribution in [2.24, 2.45) is 4.99 Å². The van der Waals surface area contributed by atoms with Crippen molar-refractivity contribution in [1.29, 1.82) is 0 Å². The van der Waals surface area contributed by atoms with Crippen molar-refractivity contribution in [1.82, 2.24) is 15.5 Å². The molecule has 1 aromatic heterocycles. The minimum absolute atomic E-state index is 0. The summed E-state index contributed by atoms with van der Waals surface area (Å²) in [7, 11) is 0. The number of hydrogen-bond donors (Lipinski definition) is 2. The smallest absolute Gasteiger partial charge is 0.222 e. The number of amides is 1. The number of aliphatic imine (C=N–C) groups is 1. The highest BCUT2D eigenvalue weighted by molar-refractivity contribution is 14.0. The number of halogens is 1. The van der Waals surface area contributed by atoms with E-state index < -0.39 is 0 Å². The lowest BCUT2D eigenvalue weighted by molar-refractivity contribution is -0.128. The van der Waals surface area contributed by atoms with Crippen molar-refractivity contribution < 1.29 is 4.79 Å². The van der Waals surface area contributed by atoms with E-state index in [-0.39, 0.29) is 29.9 Å². The van der Waals surface area contributed by atoms with Crippen LogP contribution in [0.25, 0.3) is 0 Å². The number of carbonyl (C=O) groups excluding carboxylic acids is 1. The fourth-order valence-electron chi connectivity index (χ4n) is 3.35. The summed E-state index contributed by atoms with van der Waals surface area (Å²) >= 11 is 1.79. The van der Waals surface area contributed by atoms with Crippen molar-refractivity contribution in [3.63, 3.8) is 0 Å². The second-order valence-corrected chi connectivity index (χ2v) is 8.21. The summed E-state index contributed by atoms with van der Waals surface area (Å²) in [5.41, 5.74) is 2.33. The minimum atomic E-state index is 0. The average molecular weight is 526 g/mol. The maximum atomic E-state index is 11.9. The topological polar surface area (TPSA) is 56.7 Å². The summed E-state index contributed by atoms with van der Waals surface area (Å²) in [5, 5.41) is 8.89. The molecule has 2 N–H and O–H groups in total. The van der Waals surface area contributed by atoms with Gasteiger partial charge in [0.1, 0.15) is 0 Å². The number of carbonyl (C=O) groups is 1. The van der Waals surface area contributed by atoms with Crippen LogP contribution in [0.3, 0.4) is 0 Å². The van der Waals surface area contributed by atoms with Gasteiger partial charge in [0.2, 0.25) is 5.91 Å². The Kier molecular flexibility index (Phi) is 9.93. The summed E-state index contributed by atoms with van der Waals surface area (Å²) < 4.78 is 0. The molecule has 0 radical (unpaired) electrons. The third kappa shape index (κ3) is 7.29. The standard InChI is InChI=1S/C22H30N4OS.HI/c1-3-23-22(24-14-17(2)20-9-6-12-28-20)25-15-18-7-4-8-19(13-18)16-26-11-5-10-21(26)27;/h4,6-9,12-13,17H,3,5,10-11,14-16H2,1-2H3,(H2,23,24,25);1H. The van der Waals surface area contributed by atoms with Gasteiger partial charge in [-0.15, -0.1) is 35.3 Å². The molecule has 7 heteroatoms. The van der Waals surface area contributed by atoms with Crippen LogP contribution in [0.1, 0.15) is 48.6 Å². The Bertz CT molecular complexity index is 794. The third-order valence-corrected chi connectivity index (χ3v) is 6.01. The Labute approximate surface area is 195 Å². The van der Waals surface area contributed by atoms with Gasteiger partial charge in [0.15, 0.2) is 5.96 Å². The zero-order valence-corrected chi connectivity index (χ0v) is 20.3. The van der Waals surface area contributed by atoms with Crippen LogP contribution in [0, 0.1) is 0 Å². The Morgan fingerprint density at radius 3 is 2.76 bits per heavy atom. The Morgan fingerprint density at radius 1 is 1.24 bits per heavy atom. The molecule has 1 aliphatic heterocycles. The highest BCUT2D eigenvalue weighted by Gasteiger charge is 2.19. The Morgan fingerprint density at radius 2 is 2.07 bits per heavy atom. The molecule has 5 nitrogen and oxygen atoms in total. The molecule has 1 aromatic carbocycles. The van der Waals surface area contributed by atoms with Crippen molar-refractivity contribution in [2.45, 2.75) is 45.7 Å². The summed E-state index contributed by atoms with van der Waals surface area (Å²) in [5.74, 6) is 1.55. The number of rotatable bonds is 8. The lowest BCUT2D eigenvalue weighted by atomic mass is 10.1. The fourth-order valence-corrected chi connectivity index (χ4v) is 4.14. The number of hydrogen-bond acceptors (Lipinski definition) is 3. The zero-order valence-electron chi connectivity index (χ0n) is 17.2. The predicted octanol–water partition coefficient (Wildman–Crippen LogP) is 4.35. The molecule has 158 valence electrons.